The molecule has 0 amide bonds. The highest BCUT2D eigenvalue weighted by Crippen LogP contribution is 2.37. The fraction of sp³-hybridized carbons (Fsp3) is 0.500. The highest BCUT2D eigenvalue weighted by atomic mass is 35.5. The number of halogens is 2. The third kappa shape index (κ3) is 5.21. The third-order valence-corrected chi connectivity index (χ3v) is 2.53. The molecule has 0 aliphatic rings. The van der Waals surface area contributed by atoms with Crippen LogP contribution in [0.3, 0.4) is 0 Å². The lowest BCUT2D eigenvalue weighted by atomic mass is 10.3. The van der Waals surface area contributed by atoms with Crippen LogP contribution < -0.4 is 15.2 Å². The minimum absolute atomic E-state index is 0. The number of ether oxygens (including phenoxy) is 2. The van der Waals surface area contributed by atoms with Crippen molar-refractivity contribution in [3.8, 4) is 11.5 Å². The van der Waals surface area contributed by atoms with Crippen molar-refractivity contribution in [1.29, 1.82) is 0 Å². The van der Waals surface area contributed by atoms with Gasteiger partial charge in [0.2, 0.25) is 0 Å². The van der Waals surface area contributed by atoms with E-state index in [0.717, 1.165) is 13.0 Å². The number of rotatable bonds is 6. The van der Waals surface area contributed by atoms with Crippen molar-refractivity contribution in [2.45, 2.75) is 6.42 Å². The Kier molecular flexibility index (Phi) is 7.91. The van der Waals surface area contributed by atoms with Gasteiger partial charge in [-0.2, -0.15) is 0 Å². The monoisotopic (exact) mass is 294 g/mol. The molecule has 6 heteroatoms. The van der Waals surface area contributed by atoms with Crippen molar-refractivity contribution in [3.63, 3.8) is 0 Å². The van der Waals surface area contributed by atoms with Crippen molar-refractivity contribution in [3.05, 3.63) is 17.2 Å². The summed E-state index contributed by atoms with van der Waals surface area (Å²) in [6, 6.07) is 3.36. The summed E-state index contributed by atoms with van der Waals surface area (Å²) in [6.07, 6.45) is 0.927. The summed E-state index contributed by atoms with van der Waals surface area (Å²) in [5.74, 6) is 1.13. The molecule has 0 fully saturated rings. The van der Waals surface area contributed by atoms with Gasteiger partial charge in [-0.05, 0) is 26.6 Å². The SMILES string of the molecule is COc1cc(N)cc(Cl)c1OCCCN(C)C.Cl. The summed E-state index contributed by atoms with van der Waals surface area (Å²) in [5, 5.41) is 0.478. The summed E-state index contributed by atoms with van der Waals surface area (Å²) in [7, 11) is 5.62. The molecule has 0 atom stereocenters. The minimum Gasteiger partial charge on any atom is -0.493 e. The second-order valence-corrected chi connectivity index (χ2v) is 4.45. The number of hydrogen-bond acceptors (Lipinski definition) is 4. The first-order valence-corrected chi connectivity index (χ1v) is 5.83. The molecule has 0 spiro atoms. The minimum atomic E-state index is 0. The third-order valence-electron chi connectivity index (χ3n) is 2.25. The van der Waals surface area contributed by atoms with Gasteiger partial charge in [-0.15, -0.1) is 12.4 Å². The zero-order valence-electron chi connectivity index (χ0n) is 10.9. The zero-order chi connectivity index (χ0) is 12.8. The van der Waals surface area contributed by atoms with Crippen LogP contribution in [0.5, 0.6) is 11.5 Å². The first-order chi connectivity index (χ1) is 8.04. The van der Waals surface area contributed by atoms with E-state index in [4.69, 9.17) is 26.8 Å². The molecule has 0 heterocycles. The molecule has 1 aromatic carbocycles. The quantitative estimate of drug-likeness (QED) is 0.647. The summed E-state index contributed by atoms with van der Waals surface area (Å²) < 4.78 is 10.8. The Labute approximate surface area is 119 Å². The summed E-state index contributed by atoms with van der Waals surface area (Å²) >= 11 is 6.06. The van der Waals surface area contributed by atoms with E-state index < -0.39 is 0 Å². The molecule has 0 saturated heterocycles. The van der Waals surface area contributed by atoms with Gasteiger partial charge in [-0.1, -0.05) is 11.6 Å². The maximum absolute atomic E-state index is 6.06. The van der Waals surface area contributed by atoms with Crippen LogP contribution in [-0.4, -0.2) is 39.3 Å². The van der Waals surface area contributed by atoms with Crippen molar-refractivity contribution in [1.82, 2.24) is 4.90 Å². The van der Waals surface area contributed by atoms with Crippen LogP contribution in [0.4, 0.5) is 5.69 Å². The van der Waals surface area contributed by atoms with E-state index in [-0.39, 0.29) is 12.4 Å². The maximum atomic E-state index is 6.06. The predicted octanol–water partition coefficient (Wildman–Crippen LogP) is 2.68. The number of hydrogen-bond donors (Lipinski definition) is 1. The van der Waals surface area contributed by atoms with E-state index in [2.05, 4.69) is 4.90 Å². The number of methoxy groups -OCH3 is 1. The highest BCUT2D eigenvalue weighted by molar-refractivity contribution is 6.32. The van der Waals surface area contributed by atoms with Crippen molar-refractivity contribution in [2.24, 2.45) is 0 Å². The first-order valence-electron chi connectivity index (χ1n) is 5.45. The fourth-order valence-corrected chi connectivity index (χ4v) is 1.71. The summed E-state index contributed by atoms with van der Waals surface area (Å²) in [6.45, 7) is 1.56. The molecule has 104 valence electrons. The number of benzene rings is 1. The molecule has 0 unspecified atom stereocenters. The van der Waals surface area contributed by atoms with E-state index in [1.807, 2.05) is 14.1 Å². The van der Waals surface area contributed by atoms with Crippen molar-refractivity contribution in [2.75, 3.05) is 40.1 Å². The van der Waals surface area contributed by atoms with Crippen molar-refractivity contribution >= 4 is 29.7 Å². The molecule has 2 N–H and O–H groups in total. The second-order valence-electron chi connectivity index (χ2n) is 4.04. The average Bonchev–Trinajstić information content (AvgIpc) is 2.25. The predicted molar refractivity (Wildman–Crippen MR) is 78.3 cm³/mol. The molecule has 18 heavy (non-hydrogen) atoms. The molecule has 0 aromatic heterocycles. The Hall–Kier alpha value is -0.840. The molecule has 0 radical (unpaired) electrons. The van der Waals surface area contributed by atoms with Crippen LogP contribution in [-0.2, 0) is 0 Å². The van der Waals surface area contributed by atoms with Crippen LogP contribution in [0.15, 0.2) is 12.1 Å². The maximum Gasteiger partial charge on any atom is 0.179 e. The van der Waals surface area contributed by atoms with Crippen LogP contribution in [0, 0.1) is 0 Å². The average molecular weight is 295 g/mol. The van der Waals surface area contributed by atoms with E-state index >= 15 is 0 Å². The van der Waals surface area contributed by atoms with Gasteiger partial charge < -0.3 is 20.1 Å². The molecule has 0 bridgehead atoms. The first kappa shape index (κ1) is 17.2. The Morgan fingerprint density at radius 1 is 1.33 bits per heavy atom. The van der Waals surface area contributed by atoms with Crippen LogP contribution in [0.1, 0.15) is 6.42 Å². The Morgan fingerprint density at radius 2 is 2.00 bits per heavy atom. The Bertz CT molecular complexity index is 373. The van der Waals surface area contributed by atoms with Gasteiger partial charge in [0.15, 0.2) is 11.5 Å². The van der Waals surface area contributed by atoms with E-state index in [0.29, 0.717) is 28.8 Å². The number of anilines is 1. The second kappa shape index (κ2) is 8.29. The Morgan fingerprint density at radius 3 is 2.56 bits per heavy atom. The highest BCUT2D eigenvalue weighted by Gasteiger charge is 2.10. The number of nitrogen functional groups attached to an aromatic ring is 1. The standard InChI is InChI=1S/C12H19ClN2O2.ClH/c1-15(2)5-4-6-17-12-10(13)7-9(14)8-11(12)16-3;/h7-8H,4-6,14H2,1-3H3;1H. The van der Waals surface area contributed by atoms with Gasteiger partial charge in [0.1, 0.15) is 0 Å². The van der Waals surface area contributed by atoms with E-state index in [1.54, 1.807) is 19.2 Å². The van der Waals surface area contributed by atoms with E-state index in [1.165, 1.54) is 0 Å². The van der Waals surface area contributed by atoms with Gasteiger partial charge >= 0.3 is 0 Å². The van der Waals surface area contributed by atoms with Gasteiger partial charge in [-0.25, -0.2) is 0 Å². The number of nitrogens with two attached hydrogens (primary N) is 1. The molecule has 4 nitrogen and oxygen atoms in total. The summed E-state index contributed by atoms with van der Waals surface area (Å²) in [4.78, 5) is 2.10. The molecule has 1 rings (SSSR count). The molecule has 1 aromatic rings. The largest absolute Gasteiger partial charge is 0.493 e. The van der Waals surface area contributed by atoms with E-state index in [9.17, 15) is 0 Å². The molecule has 0 saturated carbocycles. The van der Waals surface area contributed by atoms with Crippen LogP contribution in [0.25, 0.3) is 0 Å². The Balaban J connectivity index is 0.00000289. The molecule has 0 aliphatic heterocycles. The van der Waals surface area contributed by atoms with Crippen molar-refractivity contribution < 1.29 is 9.47 Å². The topological polar surface area (TPSA) is 47.7 Å². The van der Waals surface area contributed by atoms with Crippen LogP contribution in [0.2, 0.25) is 5.02 Å². The van der Waals surface area contributed by atoms with Gasteiger partial charge in [0, 0.05) is 18.3 Å². The lowest BCUT2D eigenvalue weighted by Gasteiger charge is -2.14. The van der Waals surface area contributed by atoms with Crippen LogP contribution >= 0.6 is 24.0 Å². The molecule has 0 aliphatic carbocycles. The van der Waals surface area contributed by atoms with Gasteiger partial charge in [0.25, 0.3) is 0 Å². The zero-order valence-corrected chi connectivity index (χ0v) is 12.5. The lowest BCUT2D eigenvalue weighted by molar-refractivity contribution is 0.268. The molecular weight excluding hydrogens is 275 g/mol. The van der Waals surface area contributed by atoms with Gasteiger partial charge in [-0.3, -0.25) is 0 Å². The smallest absolute Gasteiger partial charge is 0.179 e. The van der Waals surface area contributed by atoms with Gasteiger partial charge in [0.05, 0.1) is 18.7 Å². The number of nitrogens with zero attached hydrogens (tertiary/aromatic N) is 1. The molecular formula is C12H20Cl2N2O2. The fourth-order valence-electron chi connectivity index (χ4n) is 1.43. The lowest BCUT2D eigenvalue weighted by Crippen LogP contribution is -2.15. The normalized spacial score (nSPS) is 10.1. The summed E-state index contributed by atoms with van der Waals surface area (Å²) in [5.41, 5.74) is 6.23.